The van der Waals surface area contributed by atoms with E-state index in [4.69, 9.17) is 14.7 Å². The SMILES string of the molecule is COc1ccc(CC(c2nc3ccccc3[nH]2)C(C)c2nc3ccccc3[nH]2)cc1. The Morgan fingerprint density at radius 1 is 0.767 bits per heavy atom. The van der Waals surface area contributed by atoms with Crippen LogP contribution in [-0.2, 0) is 6.42 Å². The molecule has 5 heteroatoms. The van der Waals surface area contributed by atoms with Crippen molar-refractivity contribution < 1.29 is 4.74 Å². The monoisotopic (exact) mass is 396 g/mol. The molecule has 0 amide bonds. The van der Waals surface area contributed by atoms with Gasteiger partial charge in [0.15, 0.2) is 0 Å². The van der Waals surface area contributed by atoms with E-state index >= 15 is 0 Å². The van der Waals surface area contributed by atoms with Gasteiger partial charge in [-0.3, -0.25) is 0 Å². The van der Waals surface area contributed by atoms with Crippen LogP contribution in [0.5, 0.6) is 5.75 Å². The summed E-state index contributed by atoms with van der Waals surface area (Å²) in [5.74, 6) is 3.13. The molecule has 0 saturated carbocycles. The molecular formula is C25H24N4O. The Balaban J connectivity index is 1.55. The molecular weight excluding hydrogens is 372 g/mol. The van der Waals surface area contributed by atoms with Crippen LogP contribution >= 0.6 is 0 Å². The molecule has 0 bridgehead atoms. The van der Waals surface area contributed by atoms with Gasteiger partial charge in [-0.25, -0.2) is 9.97 Å². The number of aromatic nitrogens is 4. The molecule has 0 aliphatic rings. The zero-order valence-electron chi connectivity index (χ0n) is 17.1. The molecule has 5 aromatic rings. The first-order valence-corrected chi connectivity index (χ1v) is 10.2. The minimum Gasteiger partial charge on any atom is -0.497 e. The molecule has 3 aromatic carbocycles. The lowest BCUT2D eigenvalue weighted by atomic mass is 9.86. The summed E-state index contributed by atoms with van der Waals surface area (Å²) in [5.41, 5.74) is 5.34. The Labute approximate surface area is 175 Å². The highest BCUT2D eigenvalue weighted by Crippen LogP contribution is 2.35. The Morgan fingerprint density at radius 2 is 1.33 bits per heavy atom. The van der Waals surface area contributed by atoms with Gasteiger partial charge in [-0.1, -0.05) is 43.3 Å². The van der Waals surface area contributed by atoms with Gasteiger partial charge in [0.25, 0.3) is 0 Å². The van der Waals surface area contributed by atoms with E-state index in [2.05, 4.69) is 41.2 Å². The minimum atomic E-state index is 0.145. The number of nitrogens with zero attached hydrogens (tertiary/aromatic N) is 2. The summed E-state index contributed by atoms with van der Waals surface area (Å²) >= 11 is 0. The van der Waals surface area contributed by atoms with E-state index in [-0.39, 0.29) is 11.8 Å². The van der Waals surface area contributed by atoms with E-state index < -0.39 is 0 Å². The number of benzene rings is 3. The van der Waals surface area contributed by atoms with E-state index in [0.717, 1.165) is 45.9 Å². The van der Waals surface area contributed by atoms with Crippen LogP contribution in [0.4, 0.5) is 0 Å². The van der Waals surface area contributed by atoms with Crippen LogP contribution in [0.1, 0.15) is 36.0 Å². The highest BCUT2D eigenvalue weighted by molar-refractivity contribution is 5.75. The highest BCUT2D eigenvalue weighted by atomic mass is 16.5. The van der Waals surface area contributed by atoms with Gasteiger partial charge in [0.1, 0.15) is 17.4 Å². The summed E-state index contributed by atoms with van der Waals surface area (Å²) in [6.07, 6.45) is 0.849. The second-order valence-electron chi connectivity index (χ2n) is 7.73. The van der Waals surface area contributed by atoms with Gasteiger partial charge in [0.05, 0.1) is 29.2 Å². The molecule has 5 rings (SSSR count). The second kappa shape index (κ2) is 7.67. The maximum absolute atomic E-state index is 5.32. The fourth-order valence-corrected chi connectivity index (χ4v) is 4.05. The van der Waals surface area contributed by atoms with Gasteiger partial charge < -0.3 is 14.7 Å². The van der Waals surface area contributed by atoms with Crippen LogP contribution in [0.2, 0.25) is 0 Å². The average molecular weight is 396 g/mol. The maximum Gasteiger partial charge on any atom is 0.118 e. The van der Waals surface area contributed by atoms with Crippen molar-refractivity contribution in [1.29, 1.82) is 0 Å². The fraction of sp³-hybridized carbons (Fsp3) is 0.200. The Bertz CT molecular complexity index is 1220. The van der Waals surface area contributed by atoms with Gasteiger partial charge >= 0.3 is 0 Å². The second-order valence-corrected chi connectivity index (χ2v) is 7.73. The molecule has 2 heterocycles. The third-order valence-electron chi connectivity index (χ3n) is 5.82. The number of hydrogen-bond acceptors (Lipinski definition) is 3. The van der Waals surface area contributed by atoms with Crippen molar-refractivity contribution in [3.63, 3.8) is 0 Å². The molecule has 2 N–H and O–H groups in total. The number of H-pyrrole nitrogens is 2. The molecule has 2 unspecified atom stereocenters. The van der Waals surface area contributed by atoms with Crippen molar-refractivity contribution in [1.82, 2.24) is 19.9 Å². The largest absolute Gasteiger partial charge is 0.497 e. The Hall–Kier alpha value is -3.60. The number of fused-ring (bicyclic) bond motifs is 2. The highest BCUT2D eigenvalue weighted by Gasteiger charge is 2.27. The lowest BCUT2D eigenvalue weighted by molar-refractivity contribution is 0.414. The number of methoxy groups -OCH3 is 1. The van der Waals surface area contributed by atoms with Gasteiger partial charge in [-0.2, -0.15) is 0 Å². The topological polar surface area (TPSA) is 66.6 Å². The van der Waals surface area contributed by atoms with Gasteiger partial charge in [-0.05, 0) is 48.4 Å². The summed E-state index contributed by atoms with van der Waals surface area (Å²) in [7, 11) is 1.69. The smallest absolute Gasteiger partial charge is 0.118 e. The van der Waals surface area contributed by atoms with Gasteiger partial charge in [0.2, 0.25) is 0 Å². The molecule has 2 atom stereocenters. The molecule has 0 fully saturated rings. The number of imidazole rings is 2. The number of para-hydroxylation sites is 4. The van der Waals surface area contributed by atoms with Crippen molar-refractivity contribution in [2.24, 2.45) is 0 Å². The van der Waals surface area contributed by atoms with Crippen molar-refractivity contribution in [3.05, 3.63) is 90.0 Å². The van der Waals surface area contributed by atoms with Crippen LogP contribution in [0.15, 0.2) is 72.8 Å². The molecule has 150 valence electrons. The number of rotatable bonds is 6. The quantitative estimate of drug-likeness (QED) is 0.394. The molecule has 0 spiro atoms. The first-order valence-electron chi connectivity index (χ1n) is 10.2. The van der Waals surface area contributed by atoms with E-state index in [1.807, 2.05) is 48.5 Å². The Morgan fingerprint density at radius 3 is 1.93 bits per heavy atom. The molecule has 0 aliphatic carbocycles. The summed E-state index contributed by atoms with van der Waals surface area (Å²) in [5, 5.41) is 0. The predicted octanol–water partition coefficient (Wildman–Crippen LogP) is 5.58. The van der Waals surface area contributed by atoms with E-state index in [1.54, 1.807) is 7.11 Å². The lowest BCUT2D eigenvalue weighted by Crippen LogP contribution is -2.14. The van der Waals surface area contributed by atoms with E-state index in [9.17, 15) is 0 Å². The van der Waals surface area contributed by atoms with Crippen LogP contribution < -0.4 is 4.74 Å². The van der Waals surface area contributed by atoms with Crippen LogP contribution in [0.25, 0.3) is 22.1 Å². The standard InChI is InChI=1S/C25H24N4O/c1-16(24-26-20-7-3-4-8-21(20)27-24)19(15-17-11-13-18(30-2)14-12-17)25-28-22-9-5-6-10-23(22)29-25/h3-14,16,19H,15H2,1-2H3,(H,26,27)(H,28,29). The maximum atomic E-state index is 5.32. The van der Waals surface area contributed by atoms with E-state index in [1.165, 1.54) is 5.56 Å². The summed E-state index contributed by atoms with van der Waals surface area (Å²) in [6, 6.07) is 24.6. The van der Waals surface area contributed by atoms with Gasteiger partial charge in [-0.15, -0.1) is 0 Å². The molecule has 0 radical (unpaired) electrons. The first kappa shape index (κ1) is 18.4. The zero-order chi connectivity index (χ0) is 20.5. The third kappa shape index (κ3) is 3.43. The average Bonchev–Trinajstić information content (AvgIpc) is 3.41. The summed E-state index contributed by atoms with van der Waals surface area (Å²) in [4.78, 5) is 16.8. The number of ether oxygens (including phenoxy) is 1. The third-order valence-corrected chi connectivity index (χ3v) is 5.82. The summed E-state index contributed by atoms with van der Waals surface area (Å²) in [6.45, 7) is 2.22. The minimum absolute atomic E-state index is 0.145. The number of aromatic amines is 2. The van der Waals surface area contributed by atoms with Crippen LogP contribution in [-0.4, -0.2) is 27.0 Å². The van der Waals surface area contributed by atoms with E-state index in [0.29, 0.717) is 0 Å². The van der Waals surface area contributed by atoms with Gasteiger partial charge in [0, 0.05) is 11.8 Å². The fourth-order valence-electron chi connectivity index (χ4n) is 4.05. The van der Waals surface area contributed by atoms with Crippen LogP contribution in [0.3, 0.4) is 0 Å². The van der Waals surface area contributed by atoms with Crippen molar-refractivity contribution in [3.8, 4) is 5.75 Å². The zero-order valence-corrected chi connectivity index (χ0v) is 17.1. The van der Waals surface area contributed by atoms with Crippen molar-refractivity contribution >= 4 is 22.1 Å². The number of nitrogens with one attached hydrogen (secondary N) is 2. The molecule has 30 heavy (non-hydrogen) atoms. The molecule has 0 aliphatic heterocycles. The normalized spacial score (nSPS) is 13.5. The van der Waals surface area contributed by atoms with Crippen molar-refractivity contribution in [2.45, 2.75) is 25.2 Å². The molecule has 5 nitrogen and oxygen atoms in total. The Kier molecular flexibility index (Phi) is 4.71. The predicted molar refractivity (Wildman–Crippen MR) is 120 cm³/mol. The molecule has 2 aromatic heterocycles. The first-order chi connectivity index (χ1) is 14.7. The van der Waals surface area contributed by atoms with Crippen LogP contribution in [0, 0.1) is 0 Å². The van der Waals surface area contributed by atoms with Crippen molar-refractivity contribution in [2.75, 3.05) is 7.11 Å². The molecule has 0 saturated heterocycles. The number of hydrogen-bond donors (Lipinski definition) is 2. The summed E-state index contributed by atoms with van der Waals surface area (Å²) < 4.78 is 5.32. The lowest BCUT2D eigenvalue weighted by Gasteiger charge is -2.21.